The van der Waals surface area contributed by atoms with Crippen LogP contribution in [0.5, 0.6) is 0 Å². The van der Waals surface area contributed by atoms with Crippen LogP contribution in [-0.2, 0) is 9.47 Å². The first-order chi connectivity index (χ1) is 19.9. The van der Waals surface area contributed by atoms with Gasteiger partial charge in [-0.3, -0.25) is 5.32 Å². The third-order valence-electron chi connectivity index (χ3n) is 13.7. The molecule has 9 nitrogen and oxygen atoms in total. The molecule has 3 N–H and O–H groups in total. The summed E-state index contributed by atoms with van der Waals surface area (Å²) < 4.78 is 12.4. The Bertz CT molecular complexity index is 1290. The Morgan fingerprint density at radius 2 is 1.83 bits per heavy atom. The molecule has 8 atom stereocenters. The highest BCUT2D eigenvalue weighted by molar-refractivity contribution is 5.90. The van der Waals surface area contributed by atoms with Crippen LogP contribution in [-0.4, -0.2) is 53.0 Å². The molecule has 8 aliphatic rings. The highest BCUT2D eigenvalue weighted by atomic mass is 16.6. The average Bonchev–Trinajstić information content (AvgIpc) is 3.18. The van der Waals surface area contributed by atoms with E-state index in [2.05, 4.69) is 27.9 Å². The molecule has 9 heteroatoms. The summed E-state index contributed by atoms with van der Waals surface area (Å²) in [5, 5.41) is 9.36. The summed E-state index contributed by atoms with van der Waals surface area (Å²) in [7, 11) is 0. The first-order valence-corrected chi connectivity index (χ1v) is 16.4. The second-order valence-corrected chi connectivity index (χ2v) is 14.9. The lowest BCUT2D eigenvalue weighted by Gasteiger charge is -2.90. The van der Waals surface area contributed by atoms with Gasteiger partial charge < -0.3 is 20.1 Å². The van der Waals surface area contributed by atoms with Crippen LogP contribution in [0.25, 0.3) is 0 Å². The summed E-state index contributed by atoms with van der Waals surface area (Å²) in [5.74, 6) is 4.55. The van der Waals surface area contributed by atoms with Crippen molar-refractivity contribution in [3.63, 3.8) is 0 Å². The second kappa shape index (κ2) is 8.35. The lowest BCUT2D eigenvalue weighted by Crippen LogP contribution is -2.93. The van der Waals surface area contributed by atoms with E-state index >= 15 is 0 Å². The molecule has 2 spiro atoms. The summed E-state index contributed by atoms with van der Waals surface area (Å²) in [4.78, 5) is 34.9. The number of carbonyl (C=O) groups is 2. The fraction of sp³-hybridized carbons (Fsp3) is 0.812. The maximum atomic E-state index is 13.4. The number of anilines is 1. The lowest BCUT2D eigenvalue weighted by molar-refractivity contribution is -0.393. The van der Waals surface area contributed by atoms with Gasteiger partial charge in [-0.2, -0.15) is 0 Å². The number of rotatable bonds is 6. The minimum Gasteiger partial charge on any atom is -0.447 e. The van der Waals surface area contributed by atoms with Gasteiger partial charge in [0.1, 0.15) is 18.8 Å². The van der Waals surface area contributed by atoms with Gasteiger partial charge >= 0.3 is 12.1 Å². The zero-order chi connectivity index (χ0) is 27.7. The predicted octanol–water partition coefficient (Wildman–Crippen LogP) is 5.09. The summed E-state index contributed by atoms with van der Waals surface area (Å²) in [6.45, 7) is 4.99. The van der Waals surface area contributed by atoms with Crippen LogP contribution in [0.4, 0.5) is 15.4 Å². The molecule has 7 fully saturated rings. The normalized spacial score (nSPS) is 46.2. The maximum absolute atomic E-state index is 13.4. The lowest BCUT2D eigenvalue weighted by atomic mass is 9.15. The molecule has 1 aromatic rings. The van der Waals surface area contributed by atoms with Crippen molar-refractivity contribution in [3.8, 4) is 0 Å². The van der Waals surface area contributed by atoms with E-state index in [4.69, 9.17) is 14.5 Å². The standard InChI is InChI=1S/C32H43N5O4/c1-3-33-29(39)40-14-21-23-24(30(23)7-5-4-6-8-30)26(41-21)20-9-16(2)22-25(20)34-15-35-27(22)36-28(38)37-31-12-18-10-17-11-19(13-31)32(17,18)31/h15-21,23-24,26H,3-14H2,1-2H3,(H,33,39)(H2,34,35,36,37,38). The van der Waals surface area contributed by atoms with Gasteiger partial charge in [0, 0.05) is 34.9 Å². The minimum atomic E-state index is -0.366. The van der Waals surface area contributed by atoms with E-state index in [0.29, 0.717) is 41.6 Å². The van der Waals surface area contributed by atoms with Crippen molar-refractivity contribution < 1.29 is 19.1 Å². The third kappa shape index (κ3) is 3.02. The fourth-order valence-corrected chi connectivity index (χ4v) is 12.5. The van der Waals surface area contributed by atoms with Gasteiger partial charge in [0.2, 0.25) is 0 Å². The van der Waals surface area contributed by atoms with Crippen LogP contribution in [0.1, 0.15) is 101 Å². The van der Waals surface area contributed by atoms with Crippen LogP contribution >= 0.6 is 0 Å². The van der Waals surface area contributed by atoms with Crippen molar-refractivity contribution in [2.45, 2.75) is 108 Å². The van der Waals surface area contributed by atoms with Gasteiger partial charge in [-0.1, -0.05) is 26.2 Å². The molecule has 8 unspecified atom stereocenters. The zero-order valence-corrected chi connectivity index (χ0v) is 24.3. The molecular weight excluding hydrogens is 518 g/mol. The maximum Gasteiger partial charge on any atom is 0.407 e. The number of urea groups is 1. The molecule has 0 radical (unpaired) electrons. The second-order valence-electron chi connectivity index (χ2n) is 14.9. The molecule has 3 amide bonds. The number of amides is 3. The Labute approximate surface area is 241 Å². The van der Waals surface area contributed by atoms with E-state index in [1.807, 2.05) is 6.92 Å². The van der Waals surface area contributed by atoms with Gasteiger partial charge in [-0.25, -0.2) is 19.6 Å². The van der Waals surface area contributed by atoms with Crippen LogP contribution in [0.2, 0.25) is 0 Å². The number of alkyl carbamates (subject to hydrolysis) is 1. The number of hydrogen-bond acceptors (Lipinski definition) is 6. The first-order valence-electron chi connectivity index (χ1n) is 16.4. The number of ether oxygens (including phenoxy) is 2. The molecule has 220 valence electrons. The van der Waals surface area contributed by atoms with Gasteiger partial charge in [-0.15, -0.1) is 0 Å². The molecule has 1 saturated heterocycles. The molecule has 41 heavy (non-hydrogen) atoms. The summed E-state index contributed by atoms with van der Waals surface area (Å²) in [6, 6.07) is -0.103. The van der Waals surface area contributed by atoms with Crippen molar-refractivity contribution in [1.29, 1.82) is 0 Å². The van der Waals surface area contributed by atoms with Crippen LogP contribution in [0.15, 0.2) is 6.33 Å². The van der Waals surface area contributed by atoms with Gasteiger partial charge in [0.15, 0.2) is 0 Å². The van der Waals surface area contributed by atoms with E-state index in [1.54, 1.807) is 6.33 Å². The Kier molecular flexibility index (Phi) is 5.12. The quantitative estimate of drug-likeness (QED) is 0.446. The number of nitrogens with one attached hydrogen (secondary N) is 3. The first kappa shape index (κ1) is 25.1. The van der Waals surface area contributed by atoms with Crippen molar-refractivity contribution in [2.24, 2.45) is 40.4 Å². The predicted molar refractivity (Wildman–Crippen MR) is 150 cm³/mol. The zero-order valence-electron chi connectivity index (χ0n) is 24.3. The van der Waals surface area contributed by atoms with E-state index in [1.165, 1.54) is 44.9 Å². The molecule has 0 aromatic carbocycles. The summed E-state index contributed by atoms with van der Waals surface area (Å²) in [5.41, 5.74) is 2.92. The Morgan fingerprint density at radius 3 is 2.54 bits per heavy atom. The molecule has 6 saturated carbocycles. The molecule has 7 aliphatic carbocycles. The molecule has 2 heterocycles. The monoisotopic (exact) mass is 561 g/mol. The van der Waals surface area contributed by atoms with E-state index in [-0.39, 0.29) is 41.7 Å². The molecule has 9 rings (SSSR count). The molecular formula is C32H43N5O4. The van der Waals surface area contributed by atoms with E-state index in [9.17, 15) is 9.59 Å². The number of hydrogen-bond donors (Lipinski definition) is 3. The smallest absolute Gasteiger partial charge is 0.407 e. The Hall–Kier alpha value is -2.42. The Morgan fingerprint density at radius 1 is 1.05 bits per heavy atom. The highest BCUT2D eigenvalue weighted by Crippen LogP contribution is 2.89. The van der Waals surface area contributed by atoms with E-state index < -0.39 is 0 Å². The van der Waals surface area contributed by atoms with Crippen molar-refractivity contribution in [2.75, 3.05) is 18.5 Å². The average molecular weight is 562 g/mol. The van der Waals surface area contributed by atoms with E-state index in [0.717, 1.165) is 48.3 Å². The van der Waals surface area contributed by atoms with Gasteiger partial charge in [0.25, 0.3) is 0 Å². The van der Waals surface area contributed by atoms with Gasteiger partial charge in [-0.05, 0) is 86.9 Å². The summed E-state index contributed by atoms with van der Waals surface area (Å²) in [6.07, 6.45) is 13.6. The largest absolute Gasteiger partial charge is 0.447 e. The highest BCUT2D eigenvalue weighted by Gasteiger charge is 2.88. The van der Waals surface area contributed by atoms with Crippen LogP contribution < -0.4 is 16.0 Å². The van der Waals surface area contributed by atoms with Crippen molar-refractivity contribution in [3.05, 3.63) is 17.6 Å². The third-order valence-corrected chi connectivity index (χ3v) is 13.7. The molecule has 1 aromatic heterocycles. The fourth-order valence-electron chi connectivity index (χ4n) is 12.5. The van der Waals surface area contributed by atoms with Gasteiger partial charge in [0.05, 0.1) is 17.9 Å². The van der Waals surface area contributed by atoms with Crippen molar-refractivity contribution in [1.82, 2.24) is 20.6 Å². The number of aromatic nitrogens is 2. The Balaban J connectivity index is 0.940. The number of nitrogens with zero attached hydrogens (tertiary/aromatic N) is 2. The summed E-state index contributed by atoms with van der Waals surface area (Å²) >= 11 is 0. The SMILES string of the molecule is CCNC(=O)OCC1OC(C2CC(C)c3c(NC(=O)NC45CC6CC7CC(C4)C765)ncnc32)C2C1C21CCCCC1. The van der Waals surface area contributed by atoms with Crippen LogP contribution in [0.3, 0.4) is 0 Å². The number of carbonyl (C=O) groups excluding carboxylic acids is 2. The molecule has 1 aliphatic heterocycles. The topological polar surface area (TPSA) is 114 Å². The minimum absolute atomic E-state index is 0.0377. The number of fused-ring (bicyclic) bond motifs is 4. The van der Waals surface area contributed by atoms with Crippen molar-refractivity contribution >= 4 is 17.9 Å². The molecule has 0 bridgehead atoms. The van der Waals surface area contributed by atoms with Crippen LogP contribution in [0, 0.1) is 40.4 Å².